The number of carbonyl (C=O) groups is 1. The predicted molar refractivity (Wildman–Crippen MR) is 127 cm³/mol. The van der Waals surface area contributed by atoms with Crippen LogP contribution in [0.4, 0.5) is 10.5 Å². The fourth-order valence-electron chi connectivity index (χ4n) is 4.27. The highest BCUT2D eigenvalue weighted by atomic mass is 16.2. The Morgan fingerprint density at radius 2 is 1.91 bits per heavy atom. The van der Waals surface area contributed by atoms with Crippen LogP contribution in [0.5, 0.6) is 0 Å². The molecule has 1 aliphatic rings. The van der Waals surface area contributed by atoms with Crippen LogP contribution in [0.1, 0.15) is 38.4 Å². The van der Waals surface area contributed by atoms with Crippen molar-refractivity contribution >= 4 is 22.9 Å². The van der Waals surface area contributed by atoms with Gasteiger partial charge in [0.15, 0.2) is 11.2 Å². The van der Waals surface area contributed by atoms with Gasteiger partial charge in [0.2, 0.25) is 0 Å². The SMILES string of the molecule is CCCCn1c(=O)[nH]c(=O)c2c1nc(CN1CCC(NC(=O)Nc3ccccc3)CC1)n2C. The molecule has 2 aromatic heterocycles. The molecule has 3 N–H and O–H groups in total. The summed E-state index contributed by atoms with van der Waals surface area (Å²) in [5.41, 5.74) is 0.822. The average Bonchev–Trinajstić information content (AvgIpc) is 3.12. The van der Waals surface area contributed by atoms with Gasteiger partial charge in [-0.05, 0) is 31.4 Å². The first-order valence-electron chi connectivity index (χ1n) is 11.5. The van der Waals surface area contributed by atoms with Gasteiger partial charge in [0.05, 0.1) is 6.54 Å². The van der Waals surface area contributed by atoms with Crippen LogP contribution in [0.25, 0.3) is 11.2 Å². The van der Waals surface area contributed by atoms with E-state index < -0.39 is 11.2 Å². The van der Waals surface area contributed by atoms with Gasteiger partial charge in [0.25, 0.3) is 5.56 Å². The molecule has 2 amide bonds. The molecule has 176 valence electrons. The zero-order valence-electron chi connectivity index (χ0n) is 19.1. The third-order valence-electron chi connectivity index (χ3n) is 6.16. The Labute approximate surface area is 191 Å². The van der Waals surface area contributed by atoms with Gasteiger partial charge in [0.1, 0.15) is 5.82 Å². The Hall–Kier alpha value is -3.40. The Morgan fingerprint density at radius 3 is 2.61 bits per heavy atom. The molecule has 33 heavy (non-hydrogen) atoms. The number of amides is 2. The van der Waals surface area contributed by atoms with Gasteiger partial charge in [-0.2, -0.15) is 0 Å². The number of aryl methyl sites for hydroxylation is 2. The molecule has 1 aromatic carbocycles. The minimum Gasteiger partial charge on any atom is -0.335 e. The highest BCUT2D eigenvalue weighted by molar-refractivity contribution is 5.89. The number of benzene rings is 1. The second-order valence-corrected chi connectivity index (χ2v) is 8.54. The molecule has 0 unspecified atom stereocenters. The maximum absolute atomic E-state index is 12.4. The van der Waals surface area contributed by atoms with Crippen LogP contribution in [0.2, 0.25) is 0 Å². The van der Waals surface area contributed by atoms with Crippen molar-refractivity contribution in [2.24, 2.45) is 7.05 Å². The first-order chi connectivity index (χ1) is 16.0. The van der Waals surface area contributed by atoms with Gasteiger partial charge >= 0.3 is 11.7 Å². The lowest BCUT2D eigenvalue weighted by Gasteiger charge is -2.32. The maximum Gasteiger partial charge on any atom is 0.330 e. The summed E-state index contributed by atoms with van der Waals surface area (Å²) in [5.74, 6) is 0.750. The molecule has 0 saturated carbocycles. The summed E-state index contributed by atoms with van der Waals surface area (Å²) in [4.78, 5) is 46.4. The number of hydrogen-bond donors (Lipinski definition) is 3. The topological polar surface area (TPSA) is 117 Å². The fourth-order valence-corrected chi connectivity index (χ4v) is 4.27. The highest BCUT2D eigenvalue weighted by Gasteiger charge is 2.23. The summed E-state index contributed by atoms with van der Waals surface area (Å²) in [6.07, 6.45) is 3.44. The Bertz CT molecular complexity index is 1220. The number of H-pyrrole nitrogens is 1. The number of imidazole rings is 1. The Balaban J connectivity index is 1.39. The molecule has 10 heteroatoms. The Kier molecular flexibility index (Phi) is 6.93. The summed E-state index contributed by atoms with van der Waals surface area (Å²) in [6, 6.07) is 9.28. The third-order valence-corrected chi connectivity index (χ3v) is 6.16. The number of carbonyl (C=O) groups excluding carboxylic acids is 1. The van der Waals surface area contributed by atoms with Crippen molar-refractivity contribution in [3.8, 4) is 0 Å². The quantitative estimate of drug-likeness (QED) is 0.506. The molecule has 1 fully saturated rings. The van der Waals surface area contributed by atoms with Gasteiger partial charge in [-0.3, -0.25) is 19.2 Å². The molecule has 1 saturated heterocycles. The van der Waals surface area contributed by atoms with Crippen LogP contribution >= 0.6 is 0 Å². The highest BCUT2D eigenvalue weighted by Crippen LogP contribution is 2.16. The van der Waals surface area contributed by atoms with E-state index in [2.05, 4.69) is 32.4 Å². The molecule has 3 heterocycles. The number of piperidine rings is 1. The number of aromatic amines is 1. The van der Waals surface area contributed by atoms with Crippen molar-refractivity contribution in [2.45, 2.75) is 51.7 Å². The second-order valence-electron chi connectivity index (χ2n) is 8.54. The van der Waals surface area contributed by atoms with E-state index in [-0.39, 0.29) is 12.1 Å². The number of aromatic nitrogens is 4. The lowest BCUT2D eigenvalue weighted by atomic mass is 10.1. The van der Waals surface area contributed by atoms with Gasteiger partial charge in [-0.15, -0.1) is 0 Å². The number of nitrogens with one attached hydrogen (secondary N) is 3. The number of para-hydroxylation sites is 1. The minimum atomic E-state index is -0.411. The fraction of sp³-hybridized carbons (Fsp3) is 0.478. The van der Waals surface area contributed by atoms with E-state index >= 15 is 0 Å². The first kappa shape index (κ1) is 22.8. The predicted octanol–water partition coefficient (Wildman–Crippen LogP) is 2.01. The van der Waals surface area contributed by atoms with Crippen molar-refractivity contribution in [2.75, 3.05) is 18.4 Å². The monoisotopic (exact) mass is 453 g/mol. The first-order valence-corrected chi connectivity index (χ1v) is 11.5. The van der Waals surface area contributed by atoms with Crippen molar-refractivity contribution in [1.29, 1.82) is 0 Å². The van der Waals surface area contributed by atoms with Gasteiger partial charge in [0, 0.05) is 38.4 Å². The van der Waals surface area contributed by atoms with Crippen LogP contribution in [0, 0.1) is 0 Å². The molecular formula is C23H31N7O3. The van der Waals surface area contributed by atoms with Crippen LogP contribution in [-0.4, -0.2) is 49.2 Å². The number of nitrogens with zero attached hydrogens (tertiary/aromatic N) is 4. The van der Waals surface area contributed by atoms with E-state index in [1.54, 1.807) is 9.13 Å². The molecule has 4 rings (SSSR count). The average molecular weight is 454 g/mol. The minimum absolute atomic E-state index is 0.104. The third kappa shape index (κ3) is 5.16. The van der Waals surface area contributed by atoms with Gasteiger partial charge in [-0.25, -0.2) is 14.6 Å². The Morgan fingerprint density at radius 1 is 1.18 bits per heavy atom. The summed E-state index contributed by atoms with van der Waals surface area (Å²) in [7, 11) is 1.82. The molecule has 3 aromatic rings. The largest absolute Gasteiger partial charge is 0.335 e. The molecule has 0 spiro atoms. The van der Waals surface area contributed by atoms with Crippen molar-refractivity contribution in [3.05, 3.63) is 57.0 Å². The van der Waals surface area contributed by atoms with E-state index in [0.717, 1.165) is 50.3 Å². The zero-order chi connectivity index (χ0) is 23.4. The number of anilines is 1. The van der Waals surface area contributed by atoms with Crippen molar-refractivity contribution in [1.82, 2.24) is 29.3 Å². The number of fused-ring (bicyclic) bond motifs is 1. The number of rotatable bonds is 7. The molecule has 0 radical (unpaired) electrons. The van der Waals surface area contributed by atoms with Crippen LogP contribution in [0.15, 0.2) is 39.9 Å². The maximum atomic E-state index is 12.4. The molecule has 1 aliphatic heterocycles. The van der Waals surface area contributed by atoms with Crippen LogP contribution in [-0.2, 0) is 20.1 Å². The molecular weight excluding hydrogens is 422 g/mol. The van der Waals surface area contributed by atoms with E-state index in [1.807, 2.05) is 37.4 Å². The smallest absolute Gasteiger partial charge is 0.330 e. The van der Waals surface area contributed by atoms with Crippen molar-refractivity contribution < 1.29 is 4.79 Å². The molecule has 0 atom stereocenters. The van der Waals surface area contributed by atoms with Crippen molar-refractivity contribution in [3.63, 3.8) is 0 Å². The number of urea groups is 1. The second kappa shape index (κ2) is 10.0. The van der Waals surface area contributed by atoms with Gasteiger partial charge < -0.3 is 15.2 Å². The molecule has 0 aliphatic carbocycles. The lowest BCUT2D eigenvalue weighted by molar-refractivity contribution is 0.185. The summed E-state index contributed by atoms with van der Waals surface area (Å²) < 4.78 is 3.35. The molecule has 10 nitrogen and oxygen atoms in total. The summed E-state index contributed by atoms with van der Waals surface area (Å²) in [6.45, 7) is 4.77. The van der Waals surface area contributed by atoms with Gasteiger partial charge in [-0.1, -0.05) is 31.5 Å². The summed E-state index contributed by atoms with van der Waals surface area (Å²) in [5, 5.41) is 5.90. The zero-order valence-corrected chi connectivity index (χ0v) is 19.1. The summed E-state index contributed by atoms with van der Waals surface area (Å²) >= 11 is 0. The van der Waals surface area contributed by atoms with Crippen LogP contribution in [0.3, 0.4) is 0 Å². The van der Waals surface area contributed by atoms with E-state index in [9.17, 15) is 14.4 Å². The van der Waals surface area contributed by atoms with E-state index in [4.69, 9.17) is 0 Å². The lowest BCUT2D eigenvalue weighted by Crippen LogP contribution is -2.45. The molecule has 0 bridgehead atoms. The number of hydrogen-bond acceptors (Lipinski definition) is 5. The van der Waals surface area contributed by atoms with Crippen LogP contribution < -0.4 is 21.9 Å². The normalized spacial score (nSPS) is 15.1. The van der Waals surface area contributed by atoms with E-state index in [1.165, 1.54) is 0 Å². The number of unbranched alkanes of at least 4 members (excludes halogenated alkanes) is 1. The standard InChI is InChI=1S/C23H31N7O3/c1-3-4-12-30-20-19(21(31)27-23(30)33)28(2)18(26-20)15-29-13-10-17(11-14-29)25-22(32)24-16-8-6-5-7-9-16/h5-9,17H,3-4,10-15H2,1-2H3,(H2,24,25,32)(H,27,31,33). The number of likely N-dealkylation sites (tertiary alicyclic amines) is 1. The van der Waals surface area contributed by atoms with E-state index in [0.29, 0.717) is 24.3 Å².